The highest BCUT2D eigenvalue weighted by Gasteiger charge is 2.17. The molecule has 1 aliphatic carbocycles. The molecule has 0 fully saturated rings. The standard InChI is InChI=1S/C53H48.C2H6/c1-7-39-14-22-43(23-15-39)47-29-46(42-20-12-36(4)13-21-42)32-49(33-47)51-25-38(6)26-52-50(24-37(5)27-53(51)52)48-30-44(40-16-8-34(2)9-17-40)28-45(31-48)41-18-10-35(3)11-19-41;1-2/h8-14,16-22,24-33H,7,15,23H2,1-6H3;1-2H3. The maximum absolute atomic E-state index is 2.44. The lowest BCUT2D eigenvalue weighted by molar-refractivity contribution is 0.906. The molecule has 0 nitrogen and oxygen atoms in total. The zero-order valence-electron chi connectivity index (χ0n) is 34.0. The zero-order valence-corrected chi connectivity index (χ0v) is 34.0. The van der Waals surface area contributed by atoms with Gasteiger partial charge in [-0.05, 0) is 179 Å². The summed E-state index contributed by atoms with van der Waals surface area (Å²) in [6, 6.07) is 50.8. The minimum absolute atomic E-state index is 1.08. The third kappa shape index (κ3) is 8.20. The minimum atomic E-state index is 1.08. The van der Waals surface area contributed by atoms with E-state index in [0.717, 1.165) is 19.3 Å². The molecule has 0 spiro atoms. The molecular formula is C55H54. The van der Waals surface area contributed by atoms with Crippen molar-refractivity contribution in [3.05, 3.63) is 185 Å². The molecule has 1 aliphatic rings. The van der Waals surface area contributed by atoms with E-state index < -0.39 is 0 Å². The molecular weight excluding hydrogens is 661 g/mol. The lowest BCUT2D eigenvalue weighted by Gasteiger charge is -2.19. The second-order valence-electron chi connectivity index (χ2n) is 15.3. The van der Waals surface area contributed by atoms with Crippen LogP contribution < -0.4 is 0 Å². The molecule has 0 heterocycles. The quantitative estimate of drug-likeness (QED) is 0.154. The Morgan fingerprint density at radius 2 is 0.709 bits per heavy atom. The third-order valence-corrected chi connectivity index (χ3v) is 11.1. The van der Waals surface area contributed by atoms with Crippen LogP contribution in [0.5, 0.6) is 0 Å². The molecule has 0 bridgehead atoms. The van der Waals surface area contributed by atoms with Crippen LogP contribution in [-0.2, 0) is 0 Å². The second kappa shape index (κ2) is 16.3. The molecule has 0 aromatic heterocycles. The van der Waals surface area contributed by atoms with Gasteiger partial charge in [-0.15, -0.1) is 0 Å². The van der Waals surface area contributed by atoms with Crippen LogP contribution in [0.3, 0.4) is 0 Å². The van der Waals surface area contributed by atoms with Crippen molar-refractivity contribution in [3.8, 4) is 55.6 Å². The molecule has 0 saturated carbocycles. The highest BCUT2D eigenvalue weighted by Crippen LogP contribution is 2.42. The van der Waals surface area contributed by atoms with E-state index in [0.29, 0.717) is 0 Å². The number of benzene rings is 7. The fourth-order valence-corrected chi connectivity index (χ4v) is 7.93. The number of allylic oxidation sites excluding steroid dienone is 4. The Kier molecular flexibility index (Phi) is 11.2. The van der Waals surface area contributed by atoms with E-state index in [2.05, 4.69) is 187 Å². The lowest BCUT2D eigenvalue weighted by atomic mass is 9.85. The van der Waals surface area contributed by atoms with Crippen LogP contribution >= 0.6 is 0 Å². The van der Waals surface area contributed by atoms with Gasteiger partial charge in [-0.25, -0.2) is 0 Å². The van der Waals surface area contributed by atoms with Gasteiger partial charge in [-0.1, -0.05) is 152 Å². The highest BCUT2D eigenvalue weighted by molar-refractivity contribution is 6.06. The first-order valence-corrected chi connectivity index (χ1v) is 20.2. The molecule has 0 saturated heterocycles. The van der Waals surface area contributed by atoms with Crippen LogP contribution in [0.2, 0.25) is 0 Å². The van der Waals surface area contributed by atoms with Gasteiger partial charge in [-0.3, -0.25) is 0 Å². The van der Waals surface area contributed by atoms with Crippen molar-refractivity contribution in [2.45, 2.75) is 74.7 Å². The Bertz CT molecular complexity index is 2470. The topological polar surface area (TPSA) is 0 Å². The zero-order chi connectivity index (χ0) is 38.6. The van der Waals surface area contributed by atoms with E-state index in [1.54, 1.807) is 0 Å². The van der Waals surface area contributed by atoms with Crippen molar-refractivity contribution < 1.29 is 0 Å². The Morgan fingerprint density at radius 3 is 1.07 bits per heavy atom. The predicted molar refractivity (Wildman–Crippen MR) is 242 cm³/mol. The van der Waals surface area contributed by atoms with Crippen LogP contribution in [0.25, 0.3) is 72.0 Å². The maximum Gasteiger partial charge on any atom is -0.00963 e. The predicted octanol–water partition coefficient (Wildman–Crippen LogP) is 16.3. The summed E-state index contributed by atoms with van der Waals surface area (Å²) in [4.78, 5) is 0. The molecule has 0 heteroatoms. The van der Waals surface area contributed by atoms with Gasteiger partial charge in [0.15, 0.2) is 0 Å². The van der Waals surface area contributed by atoms with E-state index in [1.165, 1.54) is 111 Å². The minimum Gasteiger partial charge on any atom is -0.0701 e. The summed E-state index contributed by atoms with van der Waals surface area (Å²) in [5.41, 5.74) is 23.1. The van der Waals surface area contributed by atoms with Gasteiger partial charge in [0, 0.05) is 0 Å². The van der Waals surface area contributed by atoms with E-state index in [1.807, 2.05) is 13.8 Å². The highest BCUT2D eigenvalue weighted by atomic mass is 14.2. The summed E-state index contributed by atoms with van der Waals surface area (Å²) in [6.45, 7) is 17.2. The van der Waals surface area contributed by atoms with Crippen LogP contribution in [0.15, 0.2) is 151 Å². The first-order valence-electron chi connectivity index (χ1n) is 20.2. The molecule has 274 valence electrons. The average Bonchev–Trinajstić information content (AvgIpc) is 3.21. The fraction of sp³-hybridized carbons (Fsp3) is 0.200. The first kappa shape index (κ1) is 37.6. The molecule has 7 aromatic carbocycles. The van der Waals surface area contributed by atoms with Crippen LogP contribution in [-0.4, -0.2) is 0 Å². The Balaban J connectivity index is 0.00000229. The molecule has 55 heavy (non-hydrogen) atoms. The summed E-state index contributed by atoms with van der Waals surface area (Å²) in [6.07, 6.45) is 8.05. The van der Waals surface area contributed by atoms with Gasteiger partial charge >= 0.3 is 0 Å². The normalized spacial score (nSPS) is 12.5. The van der Waals surface area contributed by atoms with Crippen molar-refractivity contribution in [2.24, 2.45) is 0 Å². The summed E-state index contributed by atoms with van der Waals surface area (Å²) in [7, 11) is 0. The van der Waals surface area contributed by atoms with E-state index in [4.69, 9.17) is 0 Å². The summed E-state index contributed by atoms with van der Waals surface area (Å²) in [5.74, 6) is 0. The van der Waals surface area contributed by atoms with E-state index >= 15 is 0 Å². The van der Waals surface area contributed by atoms with Crippen molar-refractivity contribution >= 4 is 16.3 Å². The number of hydrogen-bond acceptors (Lipinski definition) is 0. The van der Waals surface area contributed by atoms with Gasteiger partial charge in [-0.2, -0.15) is 0 Å². The Hall–Kier alpha value is -5.72. The van der Waals surface area contributed by atoms with Crippen molar-refractivity contribution in [3.63, 3.8) is 0 Å². The molecule has 7 aromatic rings. The monoisotopic (exact) mass is 714 g/mol. The third-order valence-electron chi connectivity index (χ3n) is 11.1. The molecule has 0 N–H and O–H groups in total. The van der Waals surface area contributed by atoms with E-state index in [9.17, 15) is 0 Å². The number of rotatable bonds is 7. The van der Waals surface area contributed by atoms with Gasteiger partial charge in [0.1, 0.15) is 0 Å². The van der Waals surface area contributed by atoms with Crippen LogP contribution in [0.4, 0.5) is 0 Å². The number of fused-ring (bicyclic) bond motifs is 1. The fourth-order valence-electron chi connectivity index (χ4n) is 7.93. The first-order chi connectivity index (χ1) is 26.7. The van der Waals surface area contributed by atoms with Gasteiger partial charge in [0.25, 0.3) is 0 Å². The van der Waals surface area contributed by atoms with Crippen LogP contribution in [0.1, 0.15) is 73.4 Å². The second-order valence-corrected chi connectivity index (χ2v) is 15.3. The molecule has 0 radical (unpaired) electrons. The number of aryl methyl sites for hydroxylation is 5. The van der Waals surface area contributed by atoms with Crippen molar-refractivity contribution in [1.82, 2.24) is 0 Å². The van der Waals surface area contributed by atoms with Gasteiger partial charge < -0.3 is 0 Å². The van der Waals surface area contributed by atoms with Crippen molar-refractivity contribution in [2.75, 3.05) is 0 Å². The Morgan fingerprint density at radius 1 is 0.345 bits per heavy atom. The summed E-state index contributed by atoms with van der Waals surface area (Å²) < 4.78 is 0. The summed E-state index contributed by atoms with van der Waals surface area (Å²) >= 11 is 0. The Labute approximate surface area is 329 Å². The largest absolute Gasteiger partial charge is 0.0701 e. The summed E-state index contributed by atoms with van der Waals surface area (Å²) in [5, 5.41) is 2.58. The van der Waals surface area contributed by atoms with Gasteiger partial charge in [0.05, 0.1) is 0 Å². The molecule has 0 unspecified atom stereocenters. The van der Waals surface area contributed by atoms with E-state index in [-0.39, 0.29) is 0 Å². The molecule has 0 atom stereocenters. The molecule has 8 rings (SSSR count). The number of hydrogen-bond donors (Lipinski definition) is 0. The van der Waals surface area contributed by atoms with Crippen molar-refractivity contribution in [1.29, 1.82) is 0 Å². The SMILES string of the molecule is CC.CCC1=CC=C(c2cc(-c3ccc(C)cc3)cc(-c3cc(C)cc4c(-c5cc(-c6ccc(C)cc6)cc(-c6ccc(C)cc6)c5)cc(C)cc34)c2)CC1. The lowest BCUT2D eigenvalue weighted by Crippen LogP contribution is -1.96. The average molecular weight is 715 g/mol. The smallest absolute Gasteiger partial charge is 0.00963 e. The molecule has 0 aliphatic heterocycles. The molecule has 0 amide bonds. The van der Waals surface area contributed by atoms with Crippen LogP contribution in [0, 0.1) is 34.6 Å². The maximum atomic E-state index is 2.44. The van der Waals surface area contributed by atoms with Gasteiger partial charge in [0.2, 0.25) is 0 Å².